The number of carbonyl (C=O) groups excluding carboxylic acids is 1. The van der Waals surface area contributed by atoms with E-state index in [0.717, 1.165) is 0 Å². The lowest BCUT2D eigenvalue weighted by Crippen LogP contribution is -2.30. The molecule has 1 aromatic heterocycles. The molecule has 20 heavy (non-hydrogen) atoms. The summed E-state index contributed by atoms with van der Waals surface area (Å²) in [6, 6.07) is 9.69. The molecule has 0 aliphatic rings. The van der Waals surface area contributed by atoms with Crippen molar-refractivity contribution in [2.75, 3.05) is 5.32 Å². The van der Waals surface area contributed by atoms with Crippen LogP contribution < -0.4 is 10.1 Å². The lowest BCUT2D eigenvalue weighted by molar-refractivity contribution is -0.122. The number of hydrogen-bond donors (Lipinski definition) is 2. The number of anilines is 1. The van der Waals surface area contributed by atoms with E-state index in [1.165, 1.54) is 12.3 Å². The highest BCUT2D eigenvalue weighted by atomic mass is 35.5. The number of amides is 1. The number of nitrogens with zero attached hydrogens (tertiary/aromatic N) is 1. The normalized spacial score (nSPS) is 11.7. The first-order chi connectivity index (χ1) is 9.56. The predicted octanol–water partition coefficient (Wildman–Crippen LogP) is 2.85. The van der Waals surface area contributed by atoms with Gasteiger partial charge in [0.15, 0.2) is 17.7 Å². The van der Waals surface area contributed by atoms with Gasteiger partial charge >= 0.3 is 0 Å². The van der Waals surface area contributed by atoms with Crippen LogP contribution in [0.5, 0.6) is 11.5 Å². The Morgan fingerprint density at radius 2 is 2.05 bits per heavy atom. The van der Waals surface area contributed by atoms with Gasteiger partial charge in [0.2, 0.25) is 0 Å². The van der Waals surface area contributed by atoms with Gasteiger partial charge in [0.05, 0.1) is 0 Å². The molecule has 5 nitrogen and oxygen atoms in total. The molecule has 0 fully saturated rings. The van der Waals surface area contributed by atoms with Gasteiger partial charge < -0.3 is 15.2 Å². The Hall–Kier alpha value is -2.27. The topological polar surface area (TPSA) is 71.5 Å². The third-order valence-corrected chi connectivity index (χ3v) is 2.78. The number of halogens is 1. The first-order valence-corrected chi connectivity index (χ1v) is 6.31. The van der Waals surface area contributed by atoms with Crippen molar-refractivity contribution < 1.29 is 14.6 Å². The van der Waals surface area contributed by atoms with Gasteiger partial charge in [-0.1, -0.05) is 11.6 Å². The van der Waals surface area contributed by atoms with Crippen molar-refractivity contribution in [3.8, 4) is 11.5 Å². The second kappa shape index (κ2) is 6.25. The minimum atomic E-state index is -0.738. The molecule has 0 saturated carbocycles. The van der Waals surface area contributed by atoms with Gasteiger partial charge in [-0.05, 0) is 43.3 Å². The fraction of sp³-hybridized carbons (Fsp3) is 0.143. The largest absolute Gasteiger partial charge is 0.504 e. The van der Waals surface area contributed by atoms with Crippen LogP contribution in [0, 0.1) is 0 Å². The van der Waals surface area contributed by atoms with Gasteiger partial charge in [-0.2, -0.15) is 0 Å². The van der Waals surface area contributed by atoms with Crippen LogP contribution >= 0.6 is 11.6 Å². The molecule has 1 atom stereocenters. The van der Waals surface area contributed by atoms with E-state index in [1.54, 1.807) is 37.3 Å². The van der Waals surface area contributed by atoms with E-state index in [2.05, 4.69) is 10.3 Å². The van der Waals surface area contributed by atoms with Crippen molar-refractivity contribution in [2.24, 2.45) is 0 Å². The molecule has 2 N–H and O–H groups in total. The third kappa shape index (κ3) is 3.61. The maximum Gasteiger partial charge on any atom is 0.266 e. The number of benzene rings is 1. The molecule has 2 rings (SSSR count). The number of carbonyl (C=O) groups is 1. The van der Waals surface area contributed by atoms with E-state index in [1.807, 2.05) is 0 Å². The van der Waals surface area contributed by atoms with E-state index >= 15 is 0 Å². The number of pyridine rings is 1. The summed E-state index contributed by atoms with van der Waals surface area (Å²) >= 11 is 5.76. The zero-order chi connectivity index (χ0) is 14.5. The van der Waals surface area contributed by atoms with E-state index in [4.69, 9.17) is 16.3 Å². The molecule has 0 aliphatic carbocycles. The number of ether oxygens (including phenoxy) is 1. The van der Waals surface area contributed by atoms with Crippen LogP contribution in [0.1, 0.15) is 6.92 Å². The molecular formula is C14H13ClN2O3. The van der Waals surface area contributed by atoms with Gasteiger partial charge in [-0.25, -0.2) is 4.98 Å². The highest BCUT2D eigenvalue weighted by Crippen LogP contribution is 2.20. The Balaban J connectivity index is 1.99. The summed E-state index contributed by atoms with van der Waals surface area (Å²) < 4.78 is 5.46. The Morgan fingerprint density at radius 1 is 1.35 bits per heavy atom. The average molecular weight is 293 g/mol. The minimum absolute atomic E-state index is 0.0976. The van der Waals surface area contributed by atoms with Gasteiger partial charge in [-0.3, -0.25) is 4.79 Å². The molecule has 6 heteroatoms. The van der Waals surface area contributed by atoms with E-state index in [9.17, 15) is 9.90 Å². The third-order valence-electron chi connectivity index (χ3n) is 2.52. The quantitative estimate of drug-likeness (QED) is 0.909. The summed E-state index contributed by atoms with van der Waals surface area (Å²) in [5.74, 6) is 0.125. The lowest BCUT2D eigenvalue weighted by Gasteiger charge is -2.14. The fourth-order valence-corrected chi connectivity index (χ4v) is 1.61. The summed E-state index contributed by atoms with van der Waals surface area (Å²) in [6.45, 7) is 1.60. The maximum atomic E-state index is 11.9. The zero-order valence-corrected chi connectivity index (χ0v) is 11.5. The van der Waals surface area contributed by atoms with E-state index in [-0.39, 0.29) is 11.6 Å². The predicted molar refractivity (Wildman–Crippen MR) is 76.1 cm³/mol. The van der Waals surface area contributed by atoms with Crippen LogP contribution in [0.15, 0.2) is 42.6 Å². The fourth-order valence-electron chi connectivity index (χ4n) is 1.48. The second-order valence-corrected chi connectivity index (χ2v) is 4.51. The van der Waals surface area contributed by atoms with Crippen molar-refractivity contribution in [3.05, 3.63) is 47.6 Å². The standard InChI is InChI=1S/C14H13ClN2O3/c1-9(20-11-6-4-10(15)5-7-11)14(19)17-13-12(18)3-2-8-16-13/h2-9,18H,1H3,(H,16,17,19). The first kappa shape index (κ1) is 14.1. The number of aromatic nitrogens is 1. The molecule has 0 bridgehead atoms. The van der Waals surface area contributed by atoms with Crippen LogP contribution in [0.3, 0.4) is 0 Å². The van der Waals surface area contributed by atoms with E-state index in [0.29, 0.717) is 10.8 Å². The molecule has 0 saturated heterocycles. The highest BCUT2D eigenvalue weighted by molar-refractivity contribution is 6.30. The summed E-state index contributed by atoms with van der Waals surface area (Å²) in [6.07, 6.45) is 0.734. The minimum Gasteiger partial charge on any atom is -0.504 e. The van der Waals surface area contributed by atoms with Crippen molar-refractivity contribution in [1.29, 1.82) is 0 Å². The Labute approximate surface area is 121 Å². The van der Waals surface area contributed by atoms with Crippen molar-refractivity contribution >= 4 is 23.3 Å². The SMILES string of the molecule is CC(Oc1ccc(Cl)cc1)C(=O)Nc1ncccc1O. The summed E-state index contributed by atoms with van der Waals surface area (Å²) in [5, 5.41) is 12.6. The van der Waals surface area contributed by atoms with Crippen molar-refractivity contribution in [1.82, 2.24) is 4.98 Å². The van der Waals surface area contributed by atoms with Crippen LogP contribution in [0.2, 0.25) is 5.02 Å². The number of nitrogens with one attached hydrogen (secondary N) is 1. The van der Waals surface area contributed by atoms with Crippen LogP contribution in [0.4, 0.5) is 5.82 Å². The molecule has 104 valence electrons. The molecule has 2 aromatic rings. The highest BCUT2D eigenvalue weighted by Gasteiger charge is 2.16. The second-order valence-electron chi connectivity index (χ2n) is 4.07. The van der Waals surface area contributed by atoms with Crippen LogP contribution in [-0.2, 0) is 4.79 Å². The van der Waals surface area contributed by atoms with Gasteiger partial charge in [0.1, 0.15) is 5.75 Å². The number of hydrogen-bond acceptors (Lipinski definition) is 4. The summed E-state index contributed by atoms with van der Waals surface area (Å²) in [4.78, 5) is 15.8. The number of aromatic hydroxyl groups is 1. The zero-order valence-electron chi connectivity index (χ0n) is 10.7. The van der Waals surface area contributed by atoms with Crippen molar-refractivity contribution in [3.63, 3.8) is 0 Å². The van der Waals surface area contributed by atoms with Crippen LogP contribution in [-0.4, -0.2) is 22.1 Å². The van der Waals surface area contributed by atoms with E-state index < -0.39 is 12.0 Å². The molecule has 0 aliphatic heterocycles. The Bertz CT molecular complexity index is 602. The summed E-state index contributed by atoms with van der Waals surface area (Å²) in [5.41, 5.74) is 0. The van der Waals surface area contributed by atoms with Crippen LogP contribution in [0.25, 0.3) is 0 Å². The molecule has 1 amide bonds. The van der Waals surface area contributed by atoms with Crippen molar-refractivity contribution in [2.45, 2.75) is 13.0 Å². The maximum absolute atomic E-state index is 11.9. The first-order valence-electron chi connectivity index (χ1n) is 5.93. The molecule has 1 aromatic carbocycles. The number of rotatable bonds is 4. The molecule has 1 unspecified atom stereocenters. The van der Waals surface area contributed by atoms with Gasteiger partial charge in [-0.15, -0.1) is 0 Å². The summed E-state index contributed by atoms with van der Waals surface area (Å²) in [7, 11) is 0. The van der Waals surface area contributed by atoms with Gasteiger partial charge in [0, 0.05) is 11.2 Å². The molecule has 0 spiro atoms. The molecule has 0 radical (unpaired) electrons. The van der Waals surface area contributed by atoms with Gasteiger partial charge in [0.25, 0.3) is 5.91 Å². The molecule has 1 heterocycles. The average Bonchev–Trinajstić information content (AvgIpc) is 2.44. The smallest absolute Gasteiger partial charge is 0.266 e. The molecular weight excluding hydrogens is 280 g/mol. The monoisotopic (exact) mass is 292 g/mol. The lowest BCUT2D eigenvalue weighted by atomic mass is 10.3. The Kier molecular flexibility index (Phi) is 4.42. The Morgan fingerprint density at radius 3 is 2.70 bits per heavy atom.